The van der Waals surface area contributed by atoms with E-state index < -0.39 is 0 Å². The Bertz CT molecular complexity index is 870. The highest BCUT2D eigenvalue weighted by atomic mass is 32.2. The Morgan fingerprint density at radius 3 is 2.32 bits per heavy atom. The Labute approximate surface area is 129 Å². The molecule has 1 aliphatic rings. The van der Waals surface area contributed by atoms with Gasteiger partial charge >= 0.3 is 0 Å². The average Bonchev–Trinajstić information content (AvgIpc) is 3.07. The fraction of sp³-hybridized carbons (Fsp3) is 0.0667. The summed E-state index contributed by atoms with van der Waals surface area (Å²) in [5, 5.41) is 8.77. The molecule has 22 heavy (non-hydrogen) atoms. The van der Waals surface area contributed by atoms with Crippen LogP contribution < -0.4 is 0 Å². The van der Waals surface area contributed by atoms with Gasteiger partial charge in [0.25, 0.3) is 11.8 Å². The first kappa shape index (κ1) is 13.0. The zero-order valence-corrected chi connectivity index (χ0v) is 12.2. The minimum absolute atomic E-state index is 0.210. The predicted molar refractivity (Wildman–Crippen MR) is 80.7 cm³/mol. The van der Waals surface area contributed by atoms with E-state index in [0.717, 1.165) is 5.65 Å². The molecule has 1 aromatic carbocycles. The van der Waals surface area contributed by atoms with E-state index >= 15 is 0 Å². The third kappa shape index (κ3) is 1.90. The highest BCUT2D eigenvalue weighted by molar-refractivity contribution is 7.99. The van der Waals surface area contributed by atoms with Crippen molar-refractivity contribution in [1.82, 2.24) is 19.5 Å². The minimum Gasteiger partial charge on any atom is -0.277 e. The Balaban J connectivity index is 1.58. The second kappa shape index (κ2) is 4.96. The lowest BCUT2D eigenvalue weighted by Crippen LogP contribution is -2.29. The number of imide groups is 1. The third-order valence-corrected chi connectivity index (χ3v) is 4.41. The van der Waals surface area contributed by atoms with E-state index in [1.165, 1.54) is 16.7 Å². The lowest BCUT2D eigenvalue weighted by Gasteiger charge is -2.12. The summed E-state index contributed by atoms with van der Waals surface area (Å²) in [5.41, 5.74) is 1.64. The number of hydrogen-bond donors (Lipinski definition) is 0. The molecule has 0 radical (unpaired) electrons. The van der Waals surface area contributed by atoms with Gasteiger partial charge in [0.15, 0.2) is 10.8 Å². The van der Waals surface area contributed by atoms with Gasteiger partial charge in [-0.05, 0) is 24.3 Å². The standard InChI is InChI=1S/C15H10N4O2S/c20-13-10-5-1-2-6-11(10)14(21)19(13)9-22-15-17-16-12-7-3-4-8-18(12)15/h1-8H,9H2. The maximum Gasteiger partial charge on any atom is 0.262 e. The number of rotatable bonds is 3. The summed E-state index contributed by atoms with van der Waals surface area (Å²) >= 11 is 1.31. The van der Waals surface area contributed by atoms with Crippen molar-refractivity contribution in [3.05, 3.63) is 59.8 Å². The summed E-state index contributed by atoms with van der Waals surface area (Å²) in [6.45, 7) is 0. The van der Waals surface area contributed by atoms with Crippen LogP contribution in [0, 0.1) is 0 Å². The summed E-state index contributed by atoms with van der Waals surface area (Å²) in [6, 6.07) is 12.5. The van der Waals surface area contributed by atoms with Gasteiger partial charge in [-0.1, -0.05) is 30.0 Å². The van der Waals surface area contributed by atoms with E-state index in [-0.39, 0.29) is 17.7 Å². The Morgan fingerprint density at radius 2 is 1.59 bits per heavy atom. The maximum atomic E-state index is 12.3. The van der Waals surface area contributed by atoms with E-state index in [9.17, 15) is 9.59 Å². The summed E-state index contributed by atoms with van der Waals surface area (Å²) in [4.78, 5) is 25.8. The van der Waals surface area contributed by atoms with Crippen molar-refractivity contribution in [3.8, 4) is 0 Å². The molecule has 7 heteroatoms. The van der Waals surface area contributed by atoms with Crippen molar-refractivity contribution in [2.24, 2.45) is 0 Å². The number of nitrogens with zero attached hydrogens (tertiary/aromatic N) is 4. The van der Waals surface area contributed by atoms with Gasteiger partial charge in [0, 0.05) is 6.20 Å². The highest BCUT2D eigenvalue weighted by Crippen LogP contribution is 2.26. The lowest BCUT2D eigenvalue weighted by atomic mass is 10.1. The summed E-state index contributed by atoms with van der Waals surface area (Å²) in [5.74, 6) is -0.314. The van der Waals surface area contributed by atoms with Crippen LogP contribution in [0.2, 0.25) is 0 Å². The van der Waals surface area contributed by atoms with Crippen LogP contribution in [0.15, 0.2) is 53.8 Å². The normalized spacial score (nSPS) is 13.9. The SMILES string of the molecule is O=C1c2ccccc2C(=O)N1CSc1nnc2ccccn12. The minimum atomic E-state index is -0.262. The van der Waals surface area contributed by atoms with Crippen LogP contribution in [0.25, 0.3) is 5.65 Å². The lowest BCUT2D eigenvalue weighted by molar-refractivity contribution is 0.0684. The number of fused-ring (bicyclic) bond motifs is 2. The molecule has 3 heterocycles. The summed E-state index contributed by atoms with van der Waals surface area (Å²) in [7, 11) is 0. The smallest absolute Gasteiger partial charge is 0.262 e. The molecule has 1 aliphatic heterocycles. The summed E-state index contributed by atoms with van der Waals surface area (Å²) < 4.78 is 1.82. The largest absolute Gasteiger partial charge is 0.277 e. The van der Waals surface area contributed by atoms with Crippen molar-refractivity contribution in [1.29, 1.82) is 0 Å². The fourth-order valence-electron chi connectivity index (χ4n) is 2.40. The number of amides is 2. The van der Waals surface area contributed by atoms with E-state index in [0.29, 0.717) is 16.3 Å². The van der Waals surface area contributed by atoms with Gasteiger partial charge in [-0.25, -0.2) is 0 Å². The average molecular weight is 310 g/mol. The molecule has 3 aromatic rings. The van der Waals surface area contributed by atoms with Crippen molar-refractivity contribution >= 4 is 29.2 Å². The van der Waals surface area contributed by atoms with Gasteiger partial charge < -0.3 is 0 Å². The molecule has 2 amide bonds. The fourth-order valence-corrected chi connectivity index (χ4v) is 3.27. The molecule has 6 nitrogen and oxygen atoms in total. The number of aromatic nitrogens is 3. The number of hydrogen-bond acceptors (Lipinski definition) is 5. The topological polar surface area (TPSA) is 67.6 Å². The third-order valence-electron chi connectivity index (χ3n) is 3.48. The molecule has 0 N–H and O–H groups in total. The van der Waals surface area contributed by atoms with Crippen LogP contribution in [-0.4, -0.2) is 37.2 Å². The summed E-state index contributed by atoms with van der Waals surface area (Å²) in [6.07, 6.45) is 1.85. The highest BCUT2D eigenvalue weighted by Gasteiger charge is 2.35. The van der Waals surface area contributed by atoms with Gasteiger partial charge in [0.05, 0.1) is 17.0 Å². The molecular formula is C15H10N4O2S. The van der Waals surface area contributed by atoms with Crippen LogP contribution in [0.5, 0.6) is 0 Å². The monoisotopic (exact) mass is 310 g/mol. The molecule has 0 spiro atoms. The van der Waals surface area contributed by atoms with E-state index in [1.807, 2.05) is 28.8 Å². The van der Waals surface area contributed by atoms with Gasteiger partial charge in [0.1, 0.15) is 0 Å². The van der Waals surface area contributed by atoms with E-state index in [4.69, 9.17) is 0 Å². The molecule has 0 saturated heterocycles. The molecule has 0 aliphatic carbocycles. The van der Waals surface area contributed by atoms with Crippen molar-refractivity contribution in [3.63, 3.8) is 0 Å². The predicted octanol–water partition coefficient (Wildman–Crippen LogP) is 2.08. The molecule has 2 aromatic heterocycles. The molecule has 4 rings (SSSR count). The van der Waals surface area contributed by atoms with Gasteiger partial charge in [-0.2, -0.15) is 0 Å². The van der Waals surface area contributed by atoms with Gasteiger partial charge in [0.2, 0.25) is 0 Å². The Morgan fingerprint density at radius 1 is 0.909 bits per heavy atom. The molecule has 0 unspecified atom stereocenters. The van der Waals surface area contributed by atoms with Gasteiger partial charge in [-0.15, -0.1) is 10.2 Å². The quantitative estimate of drug-likeness (QED) is 0.547. The number of pyridine rings is 1. The van der Waals surface area contributed by atoms with Crippen LogP contribution in [-0.2, 0) is 0 Å². The second-order valence-electron chi connectivity index (χ2n) is 4.77. The van der Waals surface area contributed by atoms with Crippen LogP contribution in [0.1, 0.15) is 20.7 Å². The van der Waals surface area contributed by atoms with Gasteiger partial charge in [-0.3, -0.25) is 18.9 Å². The van der Waals surface area contributed by atoms with Crippen LogP contribution in [0.3, 0.4) is 0 Å². The zero-order valence-electron chi connectivity index (χ0n) is 11.3. The van der Waals surface area contributed by atoms with Crippen molar-refractivity contribution in [2.45, 2.75) is 5.16 Å². The number of benzene rings is 1. The number of thioether (sulfide) groups is 1. The van der Waals surface area contributed by atoms with Crippen LogP contribution >= 0.6 is 11.8 Å². The first-order valence-electron chi connectivity index (χ1n) is 6.63. The Kier molecular flexibility index (Phi) is 2.93. The zero-order chi connectivity index (χ0) is 15.1. The first-order valence-corrected chi connectivity index (χ1v) is 7.62. The molecule has 0 atom stereocenters. The van der Waals surface area contributed by atoms with Crippen molar-refractivity contribution < 1.29 is 9.59 Å². The first-order chi connectivity index (χ1) is 10.8. The second-order valence-corrected chi connectivity index (χ2v) is 5.68. The molecular weight excluding hydrogens is 300 g/mol. The molecule has 0 fully saturated rings. The molecule has 0 saturated carbocycles. The number of carbonyl (C=O) groups is 2. The number of carbonyl (C=O) groups excluding carboxylic acids is 2. The molecule has 0 bridgehead atoms. The van der Waals surface area contributed by atoms with Crippen LogP contribution in [0.4, 0.5) is 0 Å². The maximum absolute atomic E-state index is 12.3. The van der Waals surface area contributed by atoms with E-state index in [1.54, 1.807) is 24.3 Å². The Hall–Kier alpha value is -2.67. The van der Waals surface area contributed by atoms with E-state index in [2.05, 4.69) is 10.2 Å². The molecule has 108 valence electrons. The van der Waals surface area contributed by atoms with Crippen molar-refractivity contribution in [2.75, 3.05) is 5.88 Å².